The smallest absolute Gasteiger partial charge is 0.250 e. The van der Waals surface area contributed by atoms with E-state index in [0.717, 1.165) is 5.56 Å². The molecule has 0 atom stereocenters. The Bertz CT molecular complexity index is 867. The number of halogens is 2. The van der Waals surface area contributed by atoms with Crippen LogP contribution >= 0.6 is 23.2 Å². The Hall–Kier alpha value is -2.10. The second-order valence-corrected chi connectivity index (χ2v) is 6.58. The second-order valence-electron chi connectivity index (χ2n) is 5.74. The van der Waals surface area contributed by atoms with Crippen molar-refractivity contribution < 1.29 is 4.52 Å². The van der Waals surface area contributed by atoms with Gasteiger partial charge in [-0.1, -0.05) is 66.5 Å². The van der Waals surface area contributed by atoms with Gasteiger partial charge >= 0.3 is 0 Å². The van der Waals surface area contributed by atoms with Gasteiger partial charge in [-0.05, 0) is 41.3 Å². The zero-order valence-corrected chi connectivity index (χ0v) is 14.8. The van der Waals surface area contributed by atoms with E-state index >= 15 is 0 Å². The molecule has 0 saturated carbocycles. The van der Waals surface area contributed by atoms with Crippen molar-refractivity contribution in [1.29, 1.82) is 0 Å². The lowest BCUT2D eigenvalue weighted by atomic mass is 10.0. The van der Waals surface area contributed by atoms with Crippen LogP contribution in [0.4, 0.5) is 0 Å². The van der Waals surface area contributed by atoms with Crippen molar-refractivity contribution in [3.8, 4) is 11.4 Å². The van der Waals surface area contributed by atoms with Crippen LogP contribution in [0.1, 0.15) is 36.8 Å². The van der Waals surface area contributed by atoms with Crippen LogP contribution in [0.5, 0.6) is 0 Å². The maximum absolute atomic E-state index is 6.16. The zero-order chi connectivity index (χ0) is 17.1. The van der Waals surface area contributed by atoms with E-state index in [0.29, 0.717) is 33.2 Å². The van der Waals surface area contributed by atoms with Crippen LogP contribution in [0.2, 0.25) is 10.0 Å². The Labute approximate surface area is 150 Å². The molecule has 1 heterocycles. The highest BCUT2D eigenvalue weighted by Crippen LogP contribution is 2.28. The molecule has 3 rings (SSSR count). The molecule has 3 aromatic rings. The van der Waals surface area contributed by atoms with E-state index < -0.39 is 0 Å². The molecule has 3 nitrogen and oxygen atoms in total. The molecule has 0 saturated heterocycles. The summed E-state index contributed by atoms with van der Waals surface area (Å²) >= 11 is 12.1. The quantitative estimate of drug-likeness (QED) is 0.546. The Morgan fingerprint density at radius 1 is 1.00 bits per heavy atom. The average molecular weight is 359 g/mol. The average Bonchev–Trinajstić information content (AvgIpc) is 3.02. The highest BCUT2D eigenvalue weighted by Gasteiger charge is 2.10. The molecule has 0 bridgehead atoms. The van der Waals surface area contributed by atoms with Crippen molar-refractivity contribution in [2.24, 2.45) is 0 Å². The molecule has 0 radical (unpaired) electrons. The lowest BCUT2D eigenvalue weighted by molar-refractivity contribution is 0.411. The van der Waals surface area contributed by atoms with E-state index in [2.05, 4.69) is 48.3 Å². The molecule has 122 valence electrons. The second kappa shape index (κ2) is 7.20. The Balaban J connectivity index is 1.78. The van der Waals surface area contributed by atoms with Gasteiger partial charge in [0, 0.05) is 16.7 Å². The highest BCUT2D eigenvalue weighted by atomic mass is 35.5. The first-order valence-corrected chi connectivity index (χ1v) is 8.35. The molecule has 0 aliphatic heterocycles. The minimum atomic E-state index is 0.420. The maximum atomic E-state index is 6.16. The van der Waals surface area contributed by atoms with Crippen molar-refractivity contribution >= 4 is 35.4 Å². The summed E-state index contributed by atoms with van der Waals surface area (Å²) < 4.78 is 5.25. The summed E-state index contributed by atoms with van der Waals surface area (Å²) in [6.07, 6.45) is 3.72. The van der Waals surface area contributed by atoms with E-state index in [-0.39, 0.29) is 0 Å². The minimum Gasteiger partial charge on any atom is -0.334 e. The lowest BCUT2D eigenvalue weighted by Crippen LogP contribution is -1.85. The fraction of sp³-hybridized carbons (Fsp3) is 0.158. The van der Waals surface area contributed by atoms with E-state index in [1.807, 2.05) is 6.08 Å². The SMILES string of the molecule is CC(C)c1ccc(/C=C\c2nc(-c3ccc(Cl)cc3Cl)no2)cc1. The molecule has 0 fully saturated rings. The molecular weight excluding hydrogens is 343 g/mol. The largest absolute Gasteiger partial charge is 0.334 e. The van der Waals surface area contributed by atoms with E-state index in [4.69, 9.17) is 27.7 Å². The maximum Gasteiger partial charge on any atom is 0.250 e. The third-order valence-corrected chi connectivity index (χ3v) is 4.18. The summed E-state index contributed by atoms with van der Waals surface area (Å²) in [5.74, 6) is 1.38. The number of rotatable bonds is 4. The molecule has 0 aliphatic carbocycles. The van der Waals surface area contributed by atoms with Crippen LogP contribution in [-0.2, 0) is 0 Å². The highest BCUT2D eigenvalue weighted by molar-refractivity contribution is 6.36. The van der Waals surface area contributed by atoms with E-state index in [1.54, 1.807) is 24.3 Å². The minimum absolute atomic E-state index is 0.420. The number of benzene rings is 2. The summed E-state index contributed by atoms with van der Waals surface area (Å²) in [6.45, 7) is 4.35. The van der Waals surface area contributed by atoms with Crippen LogP contribution in [-0.4, -0.2) is 10.1 Å². The van der Waals surface area contributed by atoms with Crippen molar-refractivity contribution in [2.75, 3.05) is 0 Å². The van der Waals surface area contributed by atoms with Gasteiger partial charge in [0.2, 0.25) is 5.82 Å². The molecule has 0 unspecified atom stereocenters. The van der Waals surface area contributed by atoms with Gasteiger partial charge in [-0.15, -0.1) is 0 Å². The monoisotopic (exact) mass is 358 g/mol. The van der Waals surface area contributed by atoms with Gasteiger partial charge in [0.15, 0.2) is 0 Å². The predicted octanol–water partition coefficient (Wildman–Crippen LogP) is 6.34. The molecule has 5 heteroatoms. The van der Waals surface area contributed by atoms with Crippen LogP contribution in [0.25, 0.3) is 23.5 Å². The first-order chi connectivity index (χ1) is 11.5. The third-order valence-electron chi connectivity index (χ3n) is 3.64. The van der Waals surface area contributed by atoms with Crippen LogP contribution < -0.4 is 0 Å². The standard InChI is InChI=1S/C19H16Cl2N2O/c1-12(2)14-6-3-13(4-7-14)5-10-18-22-19(23-24-18)16-9-8-15(20)11-17(16)21/h3-12H,1-2H3/b10-5-. The molecule has 24 heavy (non-hydrogen) atoms. The van der Waals surface area contributed by atoms with Gasteiger partial charge in [-0.25, -0.2) is 0 Å². The van der Waals surface area contributed by atoms with Crippen molar-refractivity contribution in [1.82, 2.24) is 10.1 Å². The molecule has 2 aromatic carbocycles. The lowest BCUT2D eigenvalue weighted by Gasteiger charge is -2.04. The number of nitrogens with zero attached hydrogens (tertiary/aromatic N) is 2. The molecule has 0 N–H and O–H groups in total. The topological polar surface area (TPSA) is 38.9 Å². The Kier molecular flexibility index (Phi) is 5.03. The van der Waals surface area contributed by atoms with Crippen LogP contribution in [0, 0.1) is 0 Å². The van der Waals surface area contributed by atoms with Crippen molar-refractivity contribution in [3.05, 3.63) is 69.5 Å². The van der Waals surface area contributed by atoms with Gasteiger partial charge < -0.3 is 4.52 Å². The molecule has 0 aliphatic rings. The zero-order valence-electron chi connectivity index (χ0n) is 13.3. The first-order valence-electron chi connectivity index (χ1n) is 7.60. The van der Waals surface area contributed by atoms with Crippen molar-refractivity contribution in [3.63, 3.8) is 0 Å². The van der Waals surface area contributed by atoms with Crippen LogP contribution in [0.3, 0.4) is 0 Å². The summed E-state index contributed by atoms with van der Waals surface area (Å²) in [5, 5.41) is 5.02. The van der Waals surface area contributed by atoms with Gasteiger partial charge in [-0.3, -0.25) is 0 Å². The van der Waals surface area contributed by atoms with E-state index in [1.165, 1.54) is 5.56 Å². The van der Waals surface area contributed by atoms with Gasteiger partial charge in [0.05, 0.1) is 5.02 Å². The van der Waals surface area contributed by atoms with Gasteiger partial charge in [0.1, 0.15) is 0 Å². The van der Waals surface area contributed by atoms with Crippen molar-refractivity contribution in [2.45, 2.75) is 19.8 Å². The molecule has 1 aromatic heterocycles. The third kappa shape index (κ3) is 3.86. The molecule has 0 spiro atoms. The predicted molar refractivity (Wildman–Crippen MR) is 99.2 cm³/mol. The Morgan fingerprint density at radius 3 is 2.42 bits per heavy atom. The summed E-state index contributed by atoms with van der Waals surface area (Å²) in [5.41, 5.74) is 3.07. The first kappa shape index (κ1) is 16.7. The fourth-order valence-electron chi connectivity index (χ4n) is 2.24. The number of hydrogen-bond donors (Lipinski definition) is 0. The van der Waals surface area contributed by atoms with Crippen LogP contribution in [0.15, 0.2) is 47.0 Å². The van der Waals surface area contributed by atoms with E-state index in [9.17, 15) is 0 Å². The molecular formula is C19H16Cl2N2O. The van der Waals surface area contributed by atoms with Gasteiger partial charge in [0.25, 0.3) is 5.89 Å². The fourth-order valence-corrected chi connectivity index (χ4v) is 2.74. The molecule has 0 amide bonds. The summed E-state index contributed by atoms with van der Waals surface area (Å²) in [4.78, 5) is 4.34. The normalized spacial score (nSPS) is 11.5. The summed E-state index contributed by atoms with van der Waals surface area (Å²) in [7, 11) is 0. The Morgan fingerprint density at radius 2 is 1.75 bits per heavy atom. The number of hydrogen-bond acceptors (Lipinski definition) is 3. The van der Waals surface area contributed by atoms with Gasteiger partial charge in [-0.2, -0.15) is 4.98 Å². The number of aromatic nitrogens is 2. The summed E-state index contributed by atoms with van der Waals surface area (Å²) in [6, 6.07) is 13.5.